The van der Waals surface area contributed by atoms with Crippen molar-refractivity contribution in [3.63, 3.8) is 0 Å². The van der Waals surface area contributed by atoms with Gasteiger partial charge in [-0.1, -0.05) is 12.1 Å². The maximum absolute atomic E-state index is 5.37. The molecule has 0 bridgehead atoms. The Balaban J connectivity index is 2.37. The molecule has 7 nitrogen and oxygen atoms in total. The monoisotopic (exact) mass is 274 g/mol. The largest absolute Gasteiger partial charge is 0.464 e. The van der Waals surface area contributed by atoms with Crippen molar-refractivity contribution in [1.29, 1.82) is 0 Å². The number of nitrogen functional groups attached to an aromatic ring is 1. The Morgan fingerprint density at radius 2 is 2.10 bits per heavy atom. The van der Waals surface area contributed by atoms with Crippen LogP contribution in [-0.4, -0.2) is 28.6 Å². The zero-order valence-electron chi connectivity index (χ0n) is 11.8. The van der Waals surface area contributed by atoms with Gasteiger partial charge in [0.2, 0.25) is 11.9 Å². The van der Waals surface area contributed by atoms with Crippen LogP contribution < -0.4 is 20.9 Å². The molecule has 0 fully saturated rings. The number of benzene rings is 1. The molecule has 0 spiro atoms. The second-order valence-corrected chi connectivity index (χ2v) is 4.22. The molecule has 1 aromatic heterocycles. The van der Waals surface area contributed by atoms with Gasteiger partial charge in [-0.15, -0.1) is 0 Å². The second kappa shape index (κ2) is 6.16. The Kier molecular flexibility index (Phi) is 4.31. The van der Waals surface area contributed by atoms with Gasteiger partial charge in [0.25, 0.3) is 0 Å². The Bertz CT molecular complexity index is 589. The molecule has 3 N–H and O–H groups in total. The molecule has 7 heteroatoms. The molecule has 2 rings (SSSR count). The van der Waals surface area contributed by atoms with Crippen molar-refractivity contribution < 1.29 is 4.74 Å². The third kappa shape index (κ3) is 3.12. The summed E-state index contributed by atoms with van der Waals surface area (Å²) >= 11 is 0. The first-order valence-electron chi connectivity index (χ1n) is 6.30. The van der Waals surface area contributed by atoms with Gasteiger partial charge in [0.15, 0.2) is 0 Å². The molecular formula is C13H18N6O. The van der Waals surface area contributed by atoms with E-state index in [2.05, 4.69) is 20.4 Å². The predicted octanol–water partition coefficient (Wildman–Crippen LogP) is 1.63. The minimum atomic E-state index is 0.241. The lowest BCUT2D eigenvalue weighted by Crippen LogP contribution is -2.18. The van der Waals surface area contributed by atoms with Crippen LogP contribution in [0.5, 0.6) is 6.01 Å². The van der Waals surface area contributed by atoms with E-state index in [0.29, 0.717) is 12.6 Å². The van der Waals surface area contributed by atoms with Crippen molar-refractivity contribution in [2.45, 2.75) is 13.8 Å². The number of hydrogen-bond acceptors (Lipinski definition) is 7. The summed E-state index contributed by atoms with van der Waals surface area (Å²) in [4.78, 5) is 14.4. The van der Waals surface area contributed by atoms with Gasteiger partial charge in [-0.25, -0.2) is 5.84 Å². The summed E-state index contributed by atoms with van der Waals surface area (Å²) in [5.74, 6) is 6.09. The summed E-state index contributed by atoms with van der Waals surface area (Å²) in [6, 6.07) is 8.27. The molecule has 0 atom stereocenters. The summed E-state index contributed by atoms with van der Waals surface area (Å²) in [6.45, 7) is 4.37. The molecule has 0 unspecified atom stereocenters. The molecular weight excluding hydrogens is 256 g/mol. The fourth-order valence-corrected chi connectivity index (χ4v) is 1.71. The molecule has 0 radical (unpaired) electrons. The molecule has 0 aliphatic heterocycles. The highest BCUT2D eigenvalue weighted by atomic mass is 16.5. The van der Waals surface area contributed by atoms with Crippen molar-refractivity contribution in [2.24, 2.45) is 5.84 Å². The summed E-state index contributed by atoms with van der Waals surface area (Å²) in [5.41, 5.74) is 4.55. The van der Waals surface area contributed by atoms with E-state index in [4.69, 9.17) is 10.6 Å². The normalized spacial score (nSPS) is 10.2. The van der Waals surface area contributed by atoms with Crippen LogP contribution in [-0.2, 0) is 0 Å². The quantitative estimate of drug-likeness (QED) is 0.632. The maximum Gasteiger partial charge on any atom is 0.323 e. The highest BCUT2D eigenvalue weighted by molar-refractivity contribution is 5.58. The van der Waals surface area contributed by atoms with Gasteiger partial charge in [0.1, 0.15) is 0 Å². The van der Waals surface area contributed by atoms with E-state index in [0.717, 1.165) is 11.3 Å². The Hall–Kier alpha value is -2.41. The van der Waals surface area contributed by atoms with E-state index in [9.17, 15) is 0 Å². The number of nitrogens with one attached hydrogen (secondary N) is 1. The van der Waals surface area contributed by atoms with Gasteiger partial charge in [-0.3, -0.25) is 5.43 Å². The number of ether oxygens (including phenoxy) is 1. The number of anilines is 3. The van der Waals surface area contributed by atoms with Crippen molar-refractivity contribution >= 4 is 17.6 Å². The van der Waals surface area contributed by atoms with Crippen LogP contribution in [0.2, 0.25) is 0 Å². The first-order chi connectivity index (χ1) is 9.63. The fraction of sp³-hybridized carbons (Fsp3) is 0.308. The Labute approximate surface area is 117 Å². The Morgan fingerprint density at radius 3 is 2.75 bits per heavy atom. The molecule has 1 aromatic carbocycles. The van der Waals surface area contributed by atoms with Gasteiger partial charge in [0, 0.05) is 12.7 Å². The van der Waals surface area contributed by atoms with Gasteiger partial charge in [-0.2, -0.15) is 15.0 Å². The molecule has 0 saturated carbocycles. The number of nitrogens with two attached hydrogens (primary N) is 1. The highest BCUT2D eigenvalue weighted by Crippen LogP contribution is 2.23. The minimum absolute atomic E-state index is 0.241. The molecule has 20 heavy (non-hydrogen) atoms. The van der Waals surface area contributed by atoms with Crippen LogP contribution in [0.4, 0.5) is 17.6 Å². The van der Waals surface area contributed by atoms with Gasteiger partial charge >= 0.3 is 6.01 Å². The van der Waals surface area contributed by atoms with Crippen molar-refractivity contribution in [3.8, 4) is 6.01 Å². The van der Waals surface area contributed by atoms with Crippen molar-refractivity contribution in [2.75, 3.05) is 24.0 Å². The first kappa shape index (κ1) is 14.0. The van der Waals surface area contributed by atoms with Crippen molar-refractivity contribution in [1.82, 2.24) is 15.0 Å². The van der Waals surface area contributed by atoms with E-state index in [-0.39, 0.29) is 12.0 Å². The fourth-order valence-electron chi connectivity index (χ4n) is 1.71. The van der Waals surface area contributed by atoms with Gasteiger partial charge in [-0.05, 0) is 31.5 Å². The predicted molar refractivity (Wildman–Crippen MR) is 78.0 cm³/mol. The molecule has 0 aliphatic rings. The van der Waals surface area contributed by atoms with Crippen LogP contribution in [0.15, 0.2) is 24.3 Å². The van der Waals surface area contributed by atoms with Crippen LogP contribution in [0, 0.1) is 6.92 Å². The van der Waals surface area contributed by atoms with Gasteiger partial charge < -0.3 is 9.64 Å². The highest BCUT2D eigenvalue weighted by Gasteiger charge is 2.12. The van der Waals surface area contributed by atoms with Crippen LogP contribution in [0.25, 0.3) is 0 Å². The maximum atomic E-state index is 5.37. The van der Waals surface area contributed by atoms with E-state index >= 15 is 0 Å². The van der Waals surface area contributed by atoms with Gasteiger partial charge in [0.05, 0.1) is 6.61 Å². The summed E-state index contributed by atoms with van der Waals surface area (Å²) in [5, 5.41) is 0. The third-order valence-electron chi connectivity index (χ3n) is 2.69. The summed E-state index contributed by atoms with van der Waals surface area (Å²) < 4.78 is 5.31. The smallest absolute Gasteiger partial charge is 0.323 e. The molecule has 0 aliphatic carbocycles. The lowest BCUT2D eigenvalue weighted by Gasteiger charge is -2.18. The molecule has 0 saturated heterocycles. The van der Waals surface area contributed by atoms with E-state index in [1.165, 1.54) is 0 Å². The van der Waals surface area contributed by atoms with E-state index in [1.54, 1.807) is 0 Å². The molecule has 0 amide bonds. The zero-order valence-corrected chi connectivity index (χ0v) is 11.8. The topological polar surface area (TPSA) is 89.2 Å². The summed E-state index contributed by atoms with van der Waals surface area (Å²) in [7, 11) is 1.88. The molecule has 106 valence electrons. The average Bonchev–Trinajstić information content (AvgIpc) is 2.46. The SMILES string of the molecule is CCOc1nc(NN)nc(N(C)c2cccc(C)c2)n1. The molecule has 2 aromatic rings. The number of hydrazine groups is 1. The Morgan fingerprint density at radius 1 is 1.30 bits per heavy atom. The minimum Gasteiger partial charge on any atom is -0.464 e. The number of nitrogens with zero attached hydrogens (tertiary/aromatic N) is 4. The van der Waals surface area contributed by atoms with Crippen molar-refractivity contribution in [3.05, 3.63) is 29.8 Å². The number of aromatic nitrogens is 3. The van der Waals surface area contributed by atoms with Crippen LogP contribution in [0.3, 0.4) is 0 Å². The third-order valence-corrected chi connectivity index (χ3v) is 2.69. The standard InChI is InChI=1S/C13H18N6O/c1-4-20-13-16-11(18-14)15-12(17-13)19(3)10-7-5-6-9(2)8-10/h5-8H,4,14H2,1-3H3,(H,15,16,17,18). The second-order valence-electron chi connectivity index (χ2n) is 4.22. The lowest BCUT2D eigenvalue weighted by atomic mass is 10.2. The van der Waals surface area contributed by atoms with E-state index < -0.39 is 0 Å². The molecule has 1 heterocycles. The van der Waals surface area contributed by atoms with Crippen LogP contribution >= 0.6 is 0 Å². The number of aryl methyl sites for hydroxylation is 1. The zero-order chi connectivity index (χ0) is 14.5. The first-order valence-corrected chi connectivity index (χ1v) is 6.30. The summed E-state index contributed by atoms with van der Waals surface area (Å²) in [6.07, 6.45) is 0. The van der Waals surface area contributed by atoms with Crippen LogP contribution in [0.1, 0.15) is 12.5 Å². The average molecular weight is 274 g/mol. The number of rotatable bonds is 5. The number of hydrogen-bond donors (Lipinski definition) is 2. The lowest BCUT2D eigenvalue weighted by molar-refractivity contribution is 0.312. The van der Waals surface area contributed by atoms with E-state index in [1.807, 2.05) is 50.1 Å².